The number of nitro benzene ring substituents is 1. The predicted octanol–water partition coefficient (Wildman–Crippen LogP) is 2.28. The lowest BCUT2D eigenvalue weighted by molar-refractivity contribution is -0.384. The average Bonchev–Trinajstić information content (AvgIpc) is 2.37. The van der Waals surface area contributed by atoms with Crippen LogP contribution in [0, 0.1) is 16.0 Å². The second-order valence-electron chi connectivity index (χ2n) is 4.09. The molecule has 7 nitrogen and oxygen atoms in total. The van der Waals surface area contributed by atoms with Gasteiger partial charge in [-0.1, -0.05) is 13.8 Å². The highest BCUT2D eigenvalue weighted by Gasteiger charge is 2.19. The normalized spacial score (nSPS) is 11.7. The molecule has 0 spiro atoms. The van der Waals surface area contributed by atoms with Crippen molar-refractivity contribution in [2.75, 3.05) is 5.32 Å². The quantitative estimate of drug-likeness (QED) is 0.627. The first-order valence-electron chi connectivity index (χ1n) is 5.69. The molecule has 0 aliphatic heterocycles. The van der Waals surface area contributed by atoms with E-state index in [0.29, 0.717) is 6.42 Å². The van der Waals surface area contributed by atoms with E-state index < -0.39 is 10.9 Å². The number of anilines is 1. The molecule has 1 atom stereocenters. The Bertz CT molecular complexity index is 527. The van der Waals surface area contributed by atoms with Gasteiger partial charge in [-0.15, -0.1) is 0 Å². The predicted molar refractivity (Wildman–Crippen MR) is 68.1 cm³/mol. The van der Waals surface area contributed by atoms with E-state index in [0.717, 1.165) is 12.1 Å². The summed E-state index contributed by atoms with van der Waals surface area (Å²) in [6.07, 6.45) is 0.612. The van der Waals surface area contributed by atoms with Crippen LogP contribution in [-0.4, -0.2) is 21.9 Å². The molecule has 1 aromatic carbocycles. The summed E-state index contributed by atoms with van der Waals surface area (Å²) in [7, 11) is 0. The van der Waals surface area contributed by atoms with Crippen LogP contribution in [-0.2, 0) is 4.79 Å². The first-order chi connectivity index (χ1) is 8.86. The lowest BCUT2D eigenvalue weighted by Crippen LogP contribution is -2.21. The number of carboxylic acids is 1. The highest BCUT2D eigenvalue weighted by Crippen LogP contribution is 2.23. The van der Waals surface area contributed by atoms with Crippen LogP contribution in [0.1, 0.15) is 30.6 Å². The van der Waals surface area contributed by atoms with Gasteiger partial charge in [0.2, 0.25) is 5.91 Å². The molecule has 0 aliphatic carbocycles. The third-order valence-corrected chi connectivity index (χ3v) is 2.76. The number of amides is 1. The van der Waals surface area contributed by atoms with Gasteiger partial charge in [0.1, 0.15) is 0 Å². The van der Waals surface area contributed by atoms with Crippen LogP contribution in [0.3, 0.4) is 0 Å². The fraction of sp³-hybridized carbons (Fsp3) is 0.333. The van der Waals surface area contributed by atoms with Crippen molar-refractivity contribution < 1.29 is 19.6 Å². The Hall–Kier alpha value is -2.44. The molecule has 0 fully saturated rings. The zero-order valence-corrected chi connectivity index (χ0v) is 10.5. The first kappa shape index (κ1) is 14.6. The summed E-state index contributed by atoms with van der Waals surface area (Å²) in [5, 5.41) is 22.1. The number of carbonyl (C=O) groups excluding carboxylic acids is 1. The maximum atomic E-state index is 11.7. The van der Waals surface area contributed by atoms with Crippen LogP contribution < -0.4 is 5.32 Å². The number of nitrogens with one attached hydrogen (secondary N) is 1. The molecular weight excluding hydrogens is 252 g/mol. The summed E-state index contributed by atoms with van der Waals surface area (Å²) in [4.78, 5) is 32.6. The molecule has 0 saturated carbocycles. The van der Waals surface area contributed by atoms with Gasteiger partial charge in [0.25, 0.3) is 5.69 Å². The Kier molecular flexibility index (Phi) is 4.57. The maximum Gasteiger partial charge on any atom is 0.338 e. The van der Waals surface area contributed by atoms with Crippen LogP contribution in [0.15, 0.2) is 18.2 Å². The Balaban J connectivity index is 3.10. The number of benzene rings is 1. The smallest absolute Gasteiger partial charge is 0.338 e. The van der Waals surface area contributed by atoms with Crippen molar-refractivity contribution in [2.24, 2.45) is 5.92 Å². The maximum absolute atomic E-state index is 11.7. The highest BCUT2D eigenvalue weighted by atomic mass is 16.6. The van der Waals surface area contributed by atoms with Gasteiger partial charge in [-0.05, 0) is 12.5 Å². The minimum atomic E-state index is -1.33. The van der Waals surface area contributed by atoms with E-state index in [4.69, 9.17) is 5.11 Å². The highest BCUT2D eigenvalue weighted by molar-refractivity contribution is 6.01. The van der Waals surface area contributed by atoms with E-state index >= 15 is 0 Å². The Morgan fingerprint density at radius 3 is 2.58 bits per heavy atom. The van der Waals surface area contributed by atoms with Crippen LogP contribution >= 0.6 is 0 Å². The third-order valence-electron chi connectivity index (χ3n) is 2.76. The van der Waals surface area contributed by atoms with Crippen molar-refractivity contribution in [3.63, 3.8) is 0 Å². The summed E-state index contributed by atoms with van der Waals surface area (Å²) in [6, 6.07) is 3.30. The molecule has 0 aromatic heterocycles. The van der Waals surface area contributed by atoms with E-state index in [9.17, 15) is 19.7 Å². The second kappa shape index (κ2) is 5.94. The Morgan fingerprint density at radius 2 is 2.11 bits per heavy atom. The van der Waals surface area contributed by atoms with Gasteiger partial charge in [0, 0.05) is 18.1 Å². The van der Waals surface area contributed by atoms with Crippen LogP contribution in [0.5, 0.6) is 0 Å². The summed E-state index contributed by atoms with van der Waals surface area (Å²) < 4.78 is 0. The SMILES string of the molecule is CCC(C)C(=O)Nc1ccc([N+](=O)[O-])cc1C(=O)O. The largest absolute Gasteiger partial charge is 0.478 e. The number of nitrogens with zero attached hydrogens (tertiary/aromatic N) is 1. The van der Waals surface area contributed by atoms with E-state index in [1.54, 1.807) is 6.92 Å². The first-order valence-corrected chi connectivity index (χ1v) is 5.69. The molecule has 1 unspecified atom stereocenters. The Labute approximate surface area is 109 Å². The van der Waals surface area contributed by atoms with Gasteiger partial charge in [-0.2, -0.15) is 0 Å². The third kappa shape index (κ3) is 3.51. The van der Waals surface area contributed by atoms with Crippen molar-refractivity contribution in [2.45, 2.75) is 20.3 Å². The van der Waals surface area contributed by atoms with Gasteiger partial charge in [0.15, 0.2) is 0 Å². The molecule has 0 bridgehead atoms. The van der Waals surface area contributed by atoms with Crippen molar-refractivity contribution in [3.05, 3.63) is 33.9 Å². The van der Waals surface area contributed by atoms with Gasteiger partial charge in [-0.25, -0.2) is 4.79 Å². The summed E-state index contributed by atoms with van der Waals surface area (Å²) >= 11 is 0. The molecule has 19 heavy (non-hydrogen) atoms. The van der Waals surface area contributed by atoms with Crippen LogP contribution in [0.4, 0.5) is 11.4 Å². The van der Waals surface area contributed by atoms with E-state index in [1.165, 1.54) is 6.07 Å². The topological polar surface area (TPSA) is 110 Å². The van der Waals surface area contributed by atoms with Gasteiger partial charge in [0.05, 0.1) is 16.2 Å². The molecule has 0 heterocycles. The van der Waals surface area contributed by atoms with Gasteiger partial charge in [-0.3, -0.25) is 14.9 Å². The number of hydrogen-bond donors (Lipinski definition) is 2. The molecule has 0 aliphatic rings. The van der Waals surface area contributed by atoms with E-state index in [2.05, 4.69) is 5.32 Å². The minimum absolute atomic E-state index is 0.0587. The molecule has 2 N–H and O–H groups in total. The van der Waals surface area contributed by atoms with Gasteiger partial charge < -0.3 is 10.4 Å². The van der Waals surface area contributed by atoms with Crippen molar-refractivity contribution in [1.29, 1.82) is 0 Å². The van der Waals surface area contributed by atoms with E-state index in [-0.39, 0.29) is 28.8 Å². The molecule has 1 rings (SSSR count). The zero-order chi connectivity index (χ0) is 14.6. The molecular formula is C12H14N2O5. The second-order valence-corrected chi connectivity index (χ2v) is 4.09. The number of hydrogen-bond acceptors (Lipinski definition) is 4. The van der Waals surface area contributed by atoms with Gasteiger partial charge >= 0.3 is 5.97 Å². The number of carbonyl (C=O) groups is 2. The number of carboxylic acid groups (broad SMARTS) is 1. The minimum Gasteiger partial charge on any atom is -0.478 e. The molecule has 102 valence electrons. The van der Waals surface area contributed by atoms with Crippen molar-refractivity contribution in [1.82, 2.24) is 0 Å². The summed E-state index contributed by atoms with van der Waals surface area (Å²) in [5.74, 6) is -1.92. The van der Waals surface area contributed by atoms with Crippen molar-refractivity contribution in [3.8, 4) is 0 Å². The Morgan fingerprint density at radius 1 is 1.47 bits per heavy atom. The summed E-state index contributed by atoms with van der Waals surface area (Å²) in [5.41, 5.74) is -0.576. The average molecular weight is 266 g/mol. The number of nitro groups is 1. The monoisotopic (exact) mass is 266 g/mol. The fourth-order valence-electron chi connectivity index (χ4n) is 1.37. The molecule has 0 radical (unpaired) electrons. The molecule has 0 saturated heterocycles. The van der Waals surface area contributed by atoms with Crippen LogP contribution in [0.25, 0.3) is 0 Å². The fourth-order valence-corrected chi connectivity index (χ4v) is 1.37. The lowest BCUT2D eigenvalue weighted by atomic mass is 10.1. The van der Waals surface area contributed by atoms with E-state index in [1.807, 2.05) is 6.92 Å². The van der Waals surface area contributed by atoms with Crippen LogP contribution in [0.2, 0.25) is 0 Å². The summed E-state index contributed by atoms with van der Waals surface area (Å²) in [6.45, 7) is 3.54. The number of non-ortho nitro benzene ring substituents is 1. The standard InChI is InChI=1S/C12H14N2O5/c1-3-7(2)11(15)13-10-5-4-8(14(18)19)6-9(10)12(16)17/h4-7H,3H2,1-2H3,(H,13,15)(H,16,17). The number of aromatic carboxylic acids is 1. The lowest BCUT2D eigenvalue weighted by Gasteiger charge is -2.11. The molecule has 1 aromatic rings. The number of rotatable bonds is 5. The molecule has 1 amide bonds. The zero-order valence-electron chi connectivity index (χ0n) is 10.5. The molecule has 7 heteroatoms. The van der Waals surface area contributed by atoms with Crippen molar-refractivity contribution >= 4 is 23.3 Å².